The second-order valence-corrected chi connectivity index (χ2v) is 7.45. The Balaban J connectivity index is 0.000000703. The lowest BCUT2D eigenvalue weighted by atomic mass is 9.95. The smallest absolute Gasteiger partial charge is 0.414 e. The van der Waals surface area contributed by atoms with Crippen LogP contribution >= 0.6 is 0 Å². The van der Waals surface area contributed by atoms with Crippen molar-refractivity contribution >= 4 is 17.8 Å². The van der Waals surface area contributed by atoms with E-state index in [0.29, 0.717) is 5.91 Å². The number of nitrogens with zero attached hydrogens (tertiary/aromatic N) is 2. The lowest BCUT2D eigenvalue weighted by molar-refractivity contribution is -0.159. The number of ether oxygens (including phenoxy) is 2. The second-order valence-electron chi connectivity index (χ2n) is 7.45. The third-order valence-electron chi connectivity index (χ3n) is 5.22. The minimum Gasteiger partial charge on any atom is -0.497 e. The van der Waals surface area contributed by atoms with Crippen LogP contribution in [-0.2, 0) is 20.9 Å². The average Bonchev–Trinajstić information content (AvgIpc) is 2.77. The molecule has 1 aromatic rings. The summed E-state index contributed by atoms with van der Waals surface area (Å²) in [7, 11) is 5.31. The summed E-state index contributed by atoms with van der Waals surface area (Å²) < 4.78 is 10.8. The average molecular weight is 439 g/mol. The highest BCUT2D eigenvalue weighted by molar-refractivity contribution is 6.27. The molecule has 2 rings (SSSR count). The Hall–Kier alpha value is -2.81. The molecule has 0 bridgehead atoms. The van der Waals surface area contributed by atoms with E-state index in [4.69, 9.17) is 29.3 Å². The van der Waals surface area contributed by atoms with Crippen LogP contribution in [0.2, 0.25) is 0 Å². The molecule has 0 atom stereocenters. The Morgan fingerprint density at radius 1 is 1.10 bits per heavy atom. The van der Waals surface area contributed by atoms with Crippen LogP contribution in [0, 0.1) is 5.92 Å². The molecule has 1 aromatic carbocycles. The third-order valence-corrected chi connectivity index (χ3v) is 5.22. The van der Waals surface area contributed by atoms with Gasteiger partial charge in [-0.3, -0.25) is 9.69 Å². The summed E-state index contributed by atoms with van der Waals surface area (Å²) in [6.07, 6.45) is 4.07. The van der Waals surface area contributed by atoms with Crippen molar-refractivity contribution in [2.24, 2.45) is 5.92 Å². The Bertz CT molecular complexity index is 719. The fourth-order valence-electron chi connectivity index (χ4n) is 3.40. The highest BCUT2D eigenvalue weighted by Crippen LogP contribution is 2.27. The first kappa shape index (κ1) is 26.2. The van der Waals surface area contributed by atoms with Crippen molar-refractivity contribution in [1.29, 1.82) is 0 Å². The van der Waals surface area contributed by atoms with Gasteiger partial charge in [0, 0.05) is 31.6 Å². The van der Waals surface area contributed by atoms with Crippen molar-refractivity contribution in [3.8, 4) is 11.5 Å². The van der Waals surface area contributed by atoms with Gasteiger partial charge in [-0.25, -0.2) is 9.59 Å². The highest BCUT2D eigenvalue weighted by atomic mass is 16.5. The number of likely N-dealkylation sites (tertiary alicyclic amines) is 1. The van der Waals surface area contributed by atoms with Gasteiger partial charge in [0.05, 0.1) is 14.2 Å². The van der Waals surface area contributed by atoms with Crippen LogP contribution in [0.3, 0.4) is 0 Å². The molecule has 0 aromatic heterocycles. The zero-order valence-electron chi connectivity index (χ0n) is 18.8. The molecule has 0 aliphatic carbocycles. The number of piperidine rings is 1. The van der Waals surface area contributed by atoms with E-state index in [1.807, 2.05) is 30.1 Å². The van der Waals surface area contributed by atoms with E-state index in [-0.39, 0.29) is 5.92 Å². The van der Waals surface area contributed by atoms with Gasteiger partial charge < -0.3 is 24.6 Å². The number of hydrogen-bond acceptors (Lipinski definition) is 6. The molecule has 1 amide bonds. The molecule has 1 saturated heterocycles. The molecule has 9 heteroatoms. The first-order valence-corrected chi connectivity index (χ1v) is 10.4. The molecule has 0 spiro atoms. The minimum absolute atomic E-state index is 0.172. The number of amides is 1. The monoisotopic (exact) mass is 438 g/mol. The molecule has 9 nitrogen and oxygen atoms in total. The number of carboxylic acids is 2. The number of carbonyl (C=O) groups is 3. The van der Waals surface area contributed by atoms with Gasteiger partial charge >= 0.3 is 11.9 Å². The van der Waals surface area contributed by atoms with Crippen LogP contribution in [0.5, 0.6) is 11.5 Å². The van der Waals surface area contributed by atoms with Crippen LogP contribution in [-0.4, -0.2) is 78.8 Å². The maximum atomic E-state index is 12.5. The summed E-state index contributed by atoms with van der Waals surface area (Å²) in [6, 6.07) is 5.90. The van der Waals surface area contributed by atoms with E-state index in [1.54, 1.807) is 14.2 Å². The molecule has 1 fully saturated rings. The van der Waals surface area contributed by atoms with Crippen LogP contribution < -0.4 is 9.47 Å². The van der Waals surface area contributed by atoms with Crippen molar-refractivity contribution in [3.63, 3.8) is 0 Å². The first-order chi connectivity index (χ1) is 14.7. The van der Waals surface area contributed by atoms with Crippen LogP contribution in [0.25, 0.3) is 0 Å². The number of carboxylic acid groups (broad SMARTS) is 2. The third kappa shape index (κ3) is 8.84. The normalized spacial score (nSPS) is 14.2. The zero-order valence-corrected chi connectivity index (χ0v) is 18.8. The van der Waals surface area contributed by atoms with E-state index in [0.717, 1.165) is 68.9 Å². The quantitative estimate of drug-likeness (QED) is 0.594. The summed E-state index contributed by atoms with van der Waals surface area (Å²) in [5.74, 6) is -1.43. The number of rotatable bonds is 8. The zero-order chi connectivity index (χ0) is 23.4. The molecular formula is C22H34N2O7. The van der Waals surface area contributed by atoms with Crippen molar-refractivity contribution in [1.82, 2.24) is 9.80 Å². The largest absolute Gasteiger partial charge is 0.497 e. The van der Waals surface area contributed by atoms with E-state index in [9.17, 15) is 4.79 Å². The molecular weight excluding hydrogens is 404 g/mol. The van der Waals surface area contributed by atoms with Crippen molar-refractivity contribution in [2.45, 2.75) is 39.2 Å². The van der Waals surface area contributed by atoms with Crippen molar-refractivity contribution in [3.05, 3.63) is 23.8 Å². The first-order valence-electron chi connectivity index (χ1n) is 10.4. The van der Waals surface area contributed by atoms with Gasteiger partial charge in [-0.1, -0.05) is 13.3 Å². The number of benzene rings is 1. The molecule has 1 heterocycles. The Labute approximate surface area is 183 Å². The summed E-state index contributed by atoms with van der Waals surface area (Å²) in [5.41, 5.74) is 1.13. The molecule has 0 saturated carbocycles. The van der Waals surface area contributed by atoms with Gasteiger partial charge in [0.2, 0.25) is 5.91 Å². The van der Waals surface area contributed by atoms with E-state index >= 15 is 0 Å². The van der Waals surface area contributed by atoms with Gasteiger partial charge in [-0.05, 0) is 50.6 Å². The lowest BCUT2D eigenvalue weighted by Gasteiger charge is -2.33. The molecule has 2 N–H and O–H groups in total. The Morgan fingerprint density at radius 2 is 1.71 bits per heavy atom. The number of carbonyl (C=O) groups excluding carboxylic acids is 1. The molecule has 1 aliphatic heterocycles. The summed E-state index contributed by atoms with van der Waals surface area (Å²) in [5, 5.41) is 14.8. The fourth-order valence-corrected chi connectivity index (χ4v) is 3.40. The summed E-state index contributed by atoms with van der Waals surface area (Å²) in [6.45, 7) is 5.74. The van der Waals surface area contributed by atoms with Crippen LogP contribution in [0.1, 0.15) is 38.2 Å². The Kier molecular flexibility index (Phi) is 11.4. The lowest BCUT2D eigenvalue weighted by Crippen LogP contribution is -2.41. The van der Waals surface area contributed by atoms with Gasteiger partial charge in [0.1, 0.15) is 11.5 Å². The second kappa shape index (κ2) is 13.5. The highest BCUT2D eigenvalue weighted by Gasteiger charge is 2.27. The van der Waals surface area contributed by atoms with E-state index < -0.39 is 11.9 Å². The molecule has 31 heavy (non-hydrogen) atoms. The summed E-state index contributed by atoms with van der Waals surface area (Å²) >= 11 is 0. The maximum absolute atomic E-state index is 12.5. The molecule has 0 radical (unpaired) electrons. The topological polar surface area (TPSA) is 117 Å². The standard InChI is InChI=1S/C20H32N2O3.C2H2O4/c1-5-6-11-21(2)20(23)16-9-12-22(13-10-16)15-17-14-18(24-3)7-8-19(17)25-4;3-1(4)2(5)6/h7-8,14,16H,5-6,9-13,15H2,1-4H3;(H,3,4)(H,5,6). The van der Waals surface area contributed by atoms with Gasteiger partial charge in [-0.2, -0.15) is 0 Å². The molecule has 1 aliphatic rings. The maximum Gasteiger partial charge on any atom is 0.414 e. The predicted molar refractivity (Wildman–Crippen MR) is 115 cm³/mol. The number of unbranched alkanes of at least 4 members (excludes halogenated alkanes) is 1. The molecule has 174 valence electrons. The fraction of sp³-hybridized carbons (Fsp3) is 0.591. The number of hydrogen-bond donors (Lipinski definition) is 2. The van der Waals surface area contributed by atoms with Crippen LogP contribution in [0.4, 0.5) is 0 Å². The van der Waals surface area contributed by atoms with Crippen LogP contribution in [0.15, 0.2) is 18.2 Å². The van der Waals surface area contributed by atoms with E-state index in [2.05, 4.69) is 11.8 Å². The number of aliphatic carboxylic acids is 2. The summed E-state index contributed by atoms with van der Waals surface area (Å²) in [4.78, 5) is 35.0. The SMILES string of the molecule is CCCCN(C)C(=O)C1CCN(Cc2cc(OC)ccc2OC)CC1.O=C(O)C(=O)O. The Morgan fingerprint density at radius 3 is 2.19 bits per heavy atom. The molecule has 0 unspecified atom stereocenters. The van der Waals surface area contributed by atoms with Crippen molar-refractivity contribution < 1.29 is 34.1 Å². The number of methoxy groups -OCH3 is 2. The van der Waals surface area contributed by atoms with Crippen molar-refractivity contribution in [2.75, 3.05) is 40.9 Å². The van der Waals surface area contributed by atoms with Gasteiger partial charge in [0.15, 0.2) is 0 Å². The van der Waals surface area contributed by atoms with Gasteiger partial charge in [-0.15, -0.1) is 0 Å². The van der Waals surface area contributed by atoms with E-state index in [1.165, 1.54) is 0 Å². The van der Waals surface area contributed by atoms with Gasteiger partial charge in [0.25, 0.3) is 0 Å². The predicted octanol–water partition coefficient (Wildman–Crippen LogP) is 2.33. The minimum atomic E-state index is -1.82.